The molecule has 106 valence electrons. The minimum Gasteiger partial charge on any atom is -0.395 e. The number of nitrogens with zero attached hydrogens (tertiary/aromatic N) is 1. The van der Waals surface area contributed by atoms with Crippen LogP contribution in [-0.4, -0.2) is 42.0 Å². The number of nitrogens with one attached hydrogen (secondary N) is 2. The minimum absolute atomic E-state index is 0.00600. The first-order valence-electron chi connectivity index (χ1n) is 6.31. The van der Waals surface area contributed by atoms with Crippen LogP contribution in [0.5, 0.6) is 0 Å². The average molecular weight is 275 g/mol. The number of para-hydroxylation sites is 1. The number of benzene rings is 1. The number of hydrogen-bond acceptors (Lipinski definition) is 5. The number of aryl methyl sites for hydroxylation is 1. The summed E-state index contributed by atoms with van der Waals surface area (Å²) < 4.78 is 0. The van der Waals surface area contributed by atoms with Gasteiger partial charge in [-0.3, -0.25) is 14.5 Å². The highest BCUT2D eigenvalue weighted by Gasteiger charge is 2.30. The van der Waals surface area contributed by atoms with Gasteiger partial charge in [0.25, 0.3) is 11.8 Å². The Morgan fingerprint density at radius 3 is 2.70 bits per heavy atom. The van der Waals surface area contributed by atoms with Crippen LogP contribution in [0.3, 0.4) is 0 Å². The predicted molar refractivity (Wildman–Crippen MR) is 76.2 cm³/mol. The van der Waals surface area contributed by atoms with E-state index in [0.29, 0.717) is 0 Å². The van der Waals surface area contributed by atoms with E-state index in [1.54, 1.807) is 7.05 Å². The van der Waals surface area contributed by atoms with Gasteiger partial charge < -0.3 is 15.7 Å². The molecular weight excluding hydrogens is 258 g/mol. The number of aliphatic hydroxyl groups is 1. The van der Waals surface area contributed by atoms with Gasteiger partial charge in [0.05, 0.1) is 24.5 Å². The highest BCUT2D eigenvalue weighted by atomic mass is 16.3. The van der Waals surface area contributed by atoms with Crippen LogP contribution in [0.2, 0.25) is 0 Å². The molecule has 0 fully saturated rings. The van der Waals surface area contributed by atoms with Crippen LogP contribution in [0.1, 0.15) is 5.56 Å². The largest absolute Gasteiger partial charge is 0.395 e. The van der Waals surface area contributed by atoms with Gasteiger partial charge in [0.1, 0.15) is 5.70 Å². The van der Waals surface area contributed by atoms with E-state index in [4.69, 9.17) is 5.11 Å². The Labute approximate surface area is 117 Å². The average Bonchev–Trinajstić information content (AvgIpc) is 2.67. The summed E-state index contributed by atoms with van der Waals surface area (Å²) >= 11 is 0. The third kappa shape index (κ3) is 2.50. The molecule has 1 aliphatic heterocycles. The lowest BCUT2D eigenvalue weighted by atomic mass is 10.1. The summed E-state index contributed by atoms with van der Waals surface area (Å²) in [5.74, 6) is -0.835. The van der Waals surface area contributed by atoms with Crippen molar-refractivity contribution in [3.05, 3.63) is 35.5 Å². The third-order valence-corrected chi connectivity index (χ3v) is 3.13. The van der Waals surface area contributed by atoms with E-state index in [0.717, 1.165) is 21.8 Å². The summed E-state index contributed by atoms with van der Waals surface area (Å²) in [5, 5.41) is 14.9. The molecule has 6 heteroatoms. The highest BCUT2D eigenvalue weighted by molar-refractivity contribution is 6.17. The van der Waals surface area contributed by atoms with Gasteiger partial charge in [0.2, 0.25) is 0 Å². The monoisotopic (exact) mass is 275 g/mol. The van der Waals surface area contributed by atoms with Crippen molar-refractivity contribution in [1.29, 1.82) is 0 Å². The molecule has 1 aliphatic rings. The van der Waals surface area contributed by atoms with Crippen LogP contribution in [-0.2, 0) is 9.59 Å². The van der Waals surface area contributed by atoms with Crippen molar-refractivity contribution in [2.45, 2.75) is 6.92 Å². The second kappa shape index (κ2) is 5.75. The SMILES string of the molecule is CNc1c(C)cccc1NC1=CC(=O)N(CCO)C1=O. The van der Waals surface area contributed by atoms with Gasteiger partial charge in [-0.1, -0.05) is 12.1 Å². The predicted octanol–water partition coefficient (Wildman–Crippen LogP) is 0.694. The van der Waals surface area contributed by atoms with E-state index in [-0.39, 0.29) is 18.8 Å². The van der Waals surface area contributed by atoms with E-state index in [2.05, 4.69) is 10.6 Å². The first kappa shape index (κ1) is 14.1. The van der Waals surface area contributed by atoms with Crippen LogP contribution in [0.15, 0.2) is 30.0 Å². The molecular formula is C14H17N3O3. The van der Waals surface area contributed by atoms with Crippen LogP contribution < -0.4 is 10.6 Å². The molecule has 0 saturated heterocycles. The lowest BCUT2D eigenvalue weighted by Crippen LogP contribution is -2.34. The van der Waals surface area contributed by atoms with Crippen molar-refractivity contribution >= 4 is 23.2 Å². The van der Waals surface area contributed by atoms with Crippen molar-refractivity contribution in [1.82, 2.24) is 4.90 Å². The topological polar surface area (TPSA) is 81.7 Å². The first-order valence-corrected chi connectivity index (χ1v) is 6.31. The molecule has 2 amide bonds. The molecule has 6 nitrogen and oxygen atoms in total. The van der Waals surface area contributed by atoms with Gasteiger partial charge in [-0.15, -0.1) is 0 Å². The molecule has 0 bridgehead atoms. The molecule has 0 aliphatic carbocycles. The number of hydrogen-bond donors (Lipinski definition) is 3. The molecule has 0 unspecified atom stereocenters. The quantitative estimate of drug-likeness (QED) is 0.689. The van der Waals surface area contributed by atoms with Crippen molar-refractivity contribution in [3.8, 4) is 0 Å². The molecule has 1 heterocycles. The Kier molecular flexibility index (Phi) is 4.05. The number of carbonyl (C=O) groups is 2. The number of rotatable bonds is 5. The van der Waals surface area contributed by atoms with Crippen molar-refractivity contribution < 1.29 is 14.7 Å². The standard InChI is InChI=1S/C14H17N3O3/c1-9-4-3-5-10(13(9)15-2)16-11-8-12(19)17(6-7-18)14(11)20/h3-5,8,15-16,18H,6-7H2,1-2H3. The molecule has 1 aromatic rings. The molecule has 0 spiro atoms. The van der Waals surface area contributed by atoms with Gasteiger partial charge in [-0.05, 0) is 18.6 Å². The first-order chi connectivity index (χ1) is 9.58. The van der Waals surface area contributed by atoms with Gasteiger partial charge in [-0.2, -0.15) is 0 Å². The number of β-amino-alcohol motifs (C(OH)–C–C–N with tert-alkyl or cyclic N) is 1. The summed E-state index contributed by atoms with van der Waals surface area (Å²) in [5.41, 5.74) is 2.84. The normalized spacial score (nSPS) is 14.6. The molecule has 3 N–H and O–H groups in total. The zero-order chi connectivity index (χ0) is 14.7. The fourth-order valence-corrected chi connectivity index (χ4v) is 2.16. The van der Waals surface area contributed by atoms with Crippen molar-refractivity contribution in [2.24, 2.45) is 0 Å². The van der Waals surface area contributed by atoms with Crippen LogP contribution in [0, 0.1) is 6.92 Å². The summed E-state index contributed by atoms with van der Waals surface area (Å²) in [4.78, 5) is 24.7. The van der Waals surface area contributed by atoms with Gasteiger partial charge in [0.15, 0.2) is 0 Å². The highest BCUT2D eigenvalue weighted by Crippen LogP contribution is 2.27. The second-order valence-corrected chi connectivity index (χ2v) is 4.45. The third-order valence-electron chi connectivity index (χ3n) is 3.13. The fraction of sp³-hybridized carbons (Fsp3) is 0.286. The fourth-order valence-electron chi connectivity index (χ4n) is 2.16. The zero-order valence-electron chi connectivity index (χ0n) is 11.4. The van der Waals surface area contributed by atoms with Crippen molar-refractivity contribution in [2.75, 3.05) is 30.8 Å². The maximum atomic E-state index is 12.0. The number of imide groups is 1. The van der Waals surface area contributed by atoms with E-state index >= 15 is 0 Å². The molecule has 20 heavy (non-hydrogen) atoms. The van der Waals surface area contributed by atoms with E-state index in [1.165, 1.54) is 6.08 Å². The zero-order valence-corrected chi connectivity index (χ0v) is 11.4. The van der Waals surface area contributed by atoms with E-state index in [9.17, 15) is 9.59 Å². The Hall–Kier alpha value is -2.34. The minimum atomic E-state index is -0.424. The number of carbonyl (C=O) groups excluding carboxylic acids is 2. The molecule has 0 saturated carbocycles. The van der Waals surface area contributed by atoms with Gasteiger partial charge in [-0.25, -0.2) is 0 Å². The van der Waals surface area contributed by atoms with Gasteiger partial charge in [0, 0.05) is 13.1 Å². The molecule has 2 rings (SSSR count). The Bertz CT molecular complexity index is 581. The summed E-state index contributed by atoms with van der Waals surface area (Å²) in [7, 11) is 1.79. The Morgan fingerprint density at radius 2 is 2.05 bits per heavy atom. The summed E-state index contributed by atoms with van der Waals surface area (Å²) in [6, 6.07) is 5.64. The van der Waals surface area contributed by atoms with Gasteiger partial charge >= 0.3 is 0 Å². The lowest BCUT2D eigenvalue weighted by molar-refractivity contribution is -0.137. The van der Waals surface area contributed by atoms with Crippen LogP contribution in [0.4, 0.5) is 11.4 Å². The summed E-state index contributed by atoms with van der Waals surface area (Å²) in [6.45, 7) is 1.71. The Morgan fingerprint density at radius 1 is 1.30 bits per heavy atom. The molecule has 1 aromatic carbocycles. The maximum Gasteiger partial charge on any atom is 0.277 e. The summed E-state index contributed by atoms with van der Waals surface area (Å²) in [6.07, 6.45) is 1.25. The molecule has 0 atom stereocenters. The number of amides is 2. The molecule has 0 aromatic heterocycles. The Balaban J connectivity index is 2.24. The lowest BCUT2D eigenvalue weighted by Gasteiger charge is -2.16. The number of anilines is 2. The van der Waals surface area contributed by atoms with E-state index in [1.807, 2.05) is 25.1 Å². The van der Waals surface area contributed by atoms with E-state index < -0.39 is 11.8 Å². The van der Waals surface area contributed by atoms with Crippen LogP contribution >= 0.6 is 0 Å². The van der Waals surface area contributed by atoms with Crippen molar-refractivity contribution in [3.63, 3.8) is 0 Å². The smallest absolute Gasteiger partial charge is 0.277 e. The number of aliphatic hydroxyl groups excluding tert-OH is 1. The van der Waals surface area contributed by atoms with Crippen LogP contribution in [0.25, 0.3) is 0 Å². The maximum absolute atomic E-state index is 12.0. The molecule has 0 radical (unpaired) electrons. The second-order valence-electron chi connectivity index (χ2n) is 4.45.